The van der Waals surface area contributed by atoms with E-state index >= 15 is 0 Å². The molecular weight excluding hydrogens is 306 g/mol. The van der Waals surface area contributed by atoms with E-state index in [4.69, 9.17) is 0 Å². The first-order valence-electron chi connectivity index (χ1n) is 10.6. The molecule has 0 aromatic carbocycles. The lowest BCUT2D eigenvalue weighted by atomic mass is 9.44. The number of hydrogen-bond acceptors (Lipinski definition) is 2. The molecule has 0 heterocycles. The fourth-order valence-corrected chi connectivity index (χ4v) is 8.66. The summed E-state index contributed by atoms with van der Waals surface area (Å²) in [7, 11) is 0. The molecule has 0 aromatic rings. The molecule has 0 amide bonds. The number of carbonyl (C=O) groups is 1. The van der Waals surface area contributed by atoms with Crippen molar-refractivity contribution in [3.05, 3.63) is 11.6 Å². The lowest BCUT2D eigenvalue weighted by molar-refractivity contribution is -0.117. The summed E-state index contributed by atoms with van der Waals surface area (Å²) in [4.78, 5) is 11.9. The van der Waals surface area contributed by atoms with E-state index in [-0.39, 0.29) is 10.8 Å². The minimum absolute atomic E-state index is 0.0968. The van der Waals surface area contributed by atoms with E-state index in [2.05, 4.69) is 26.8 Å². The van der Waals surface area contributed by atoms with E-state index in [0.29, 0.717) is 23.5 Å². The van der Waals surface area contributed by atoms with Crippen LogP contribution in [0.1, 0.15) is 65.7 Å². The molecule has 0 radical (unpaired) electrons. The number of ketones is 1. The molecule has 134 valence electrons. The second-order valence-electron chi connectivity index (χ2n) is 10.1. The average Bonchev–Trinajstić information content (AvgIpc) is 3.36. The Hall–Kier alpha value is -1.10. The molecule has 0 aromatic heterocycles. The molecule has 4 saturated carbocycles. The van der Waals surface area contributed by atoms with Gasteiger partial charge in [0.25, 0.3) is 0 Å². The summed E-state index contributed by atoms with van der Waals surface area (Å²) in [6.45, 7) is 7.10. The summed E-state index contributed by atoms with van der Waals surface area (Å²) in [6, 6.07) is 2.84. The highest BCUT2D eigenvalue weighted by Gasteiger charge is 2.76. The van der Waals surface area contributed by atoms with Gasteiger partial charge in [-0.2, -0.15) is 5.26 Å². The molecule has 2 nitrogen and oxygen atoms in total. The van der Waals surface area contributed by atoms with Crippen molar-refractivity contribution in [1.82, 2.24) is 0 Å². The van der Waals surface area contributed by atoms with Crippen molar-refractivity contribution in [2.75, 3.05) is 0 Å². The van der Waals surface area contributed by atoms with Crippen LogP contribution in [0.5, 0.6) is 0 Å². The molecule has 5 aliphatic carbocycles. The summed E-state index contributed by atoms with van der Waals surface area (Å²) in [5.41, 5.74) is 1.64. The highest BCUT2D eigenvalue weighted by molar-refractivity contribution is 5.91. The van der Waals surface area contributed by atoms with E-state index < -0.39 is 0 Å². The minimum atomic E-state index is -0.0968. The fourth-order valence-electron chi connectivity index (χ4n) is 8.66. The Balaban J connectivity index is 1.57. The molecule has 9 atom stereocenters. The first-order chi connectivity index (χ1) is 12.0. The van der Waals surface area contributed by atoms with Crippen LogP contribution in [0.4, 0.5) is 0 Å². The Labute approximate surface area is 152 Å². The number of hydrogen-bond donors (Lipinski definition) is 0. The van der Waals surface area contributed by atoms with E-state index in [1.54, 1.807) is 0 Å². The molecule has 1 unspecified atom stereocenters. The van der Waals surface area contributed by atoms with Crippen molar-refractivity contribution >= 4 is 5.78 Å². The molecule has 2 heteroatoms. The Bertz CT molecular complexity index is 701. The van der Waals surface area contributed by atoms with Crippen molar-refractivity contribution in [3.8, 4) is 6.07 Å². The standard InChI is InChI=1S/C23H31NO/c1-4-23-8-7-17-16-6-5-15(25)10-14(16)9-13(2)20(17)21(23)18-11-19(18)22(23,3)12-24/h10,13,16-21H,4-9,11H2,1-3H3/t13-,16-,17+,18+,19-,20+,21-,22?,23-/m0/s1. The predicted molar refractivity (Wildman–Crippen MR) is 97.3 cm³/mol. The number of nitrogens with zero attached hydrogens (tertiary/aromatic N) is 1. The van der Waals surface area contributed by atoms with Crippen LogP contribution < -0.4 is 0 Å². The molecule has 0 bridgehead atoms. The van der Waals surface area contributed by atoms with Crippen molar-refractivity contribution in [1.29, 1.82) is 5.26 Å². The maximum absolute atomic E-state index is 11.9. The van der Waals surface area contributed by atoms with Crippen LogP contribution in [-0.4, -0.2) is 5.78 Å². The third kappa shape index (κ3) is 1.78. The third-order valence-corrected chi connectivity index (χ3v) is 9.67. The van der Waals surface area contributed by atoms with Crippen molar-refractivity contribution in [2.45, 2.75) is 65.7 Å². The first kappa shape index (κ1) is 16.1. The van der Waals surface area contributed by atoms with Gasteiger partial charge in [-0.3, -0.25) is 4.79 Å². The highest BCUT2D eigenvalue weighted by atomic mass is 16.1. The molecule has 4 fully saturated rings. The maximum atomic E-state index is 11.9. The SMILES string of the molecule is CC[C@]12CC[C@H]3[C@H]([C@@H]1[C@@H]1C[C@@H]1C2(C)C#N)[C@@H](C)CC1=CC(=O)CC[C@@H]13. The van der Waals surface area contributed by atoms with Crippen LogP contribution >= 0.6 is 0 Å². The van der Waals surface area contributed by atoms with Gasteiger partial charge in [-0.1, -0.05) is 19.4 Å². The Morgan fingerprint density at radius 3 is 2.84 bits per heavy atom. The molecule has 5 rings (SSSR count). The summed E-state index contributed by atoms with van der Waals surface area (Å²) >= 11 is 0. The van der Waals surface area contributed by atoms with Crippen molar-refractivity contribution in [2.24, 2.45) is 52.3 Å². The van der Waals surface area contributed by atoms with Crippen LogP contribution in [0.25, 0.3) is 0 Å². The predicted octanol–water partition coefficient (Wildman–Crippen LogP) is 5.15. The van der Waals surface area contributed by atoms with E-state index in [0.717, 1.165) is 42.9 Å². The average molecular weight is 338 g/mol. The summed E-state index contributed by atoms with van der Waals surface area (Å²) in [5.74, 6) is 5.51. The Morgan fingerprint density at radius 1 is 1.32 bits per heavy atom. The molecule has 0 aliphatic heterocycles. The van der Waals surface area contributed by atoms with Crippen LogP contribution in [0.2, 0.25) is 0 Å². The topological polar surface area (TPSA) is 40.9 Å². The second-order valence-corrected chi connectivity index (χ2v) is 10.1. The van der Waals surface area contributed by atoms with Crippen LogP contribution in [0, 0.1) is 63.6 Å². The first-order valence-corrected chi connectivity index (χ1v) is 10.6. The zero-order chi connectivity index (χ0) is 17.6. The normalized spacial score (nSPS) is 56.0. The van der Waals surface area contributed by atoms with Crippen LogP contribution in [-0.2, 0) is 4.79 Å². The van der Waals surface area contributed by atoms with E-state index in [9.17, 15) is 10.1 Å². The lowest BCUT2D eigenvalue weighted by Crippen LogP contribution is -2.54. The number of allylic oxidation sites excluding steroid dienone is 1. The van der Waals surface area contributed by atoms with Gasteiger partial charge >= 0.3 is 0 Å². The van der Waals surface area contributed by atoms with Gasteiger partial charge < -0.3 is 0 Å². The number of nitriles is 1. The number of carbonyl (C=O) groups excluding carboxylic acids is 1. The summed E-state index contributed by atoms with van der Waals surface area (Å²) in [6.07, 6.45) is 10.0. The maximum Gasteiger partial charge on any atom is 0.155 e. The molecule has 0 spiro atoms. The third-order valence-electron chi connectivity index (χ3n) is 9.67. The van der Waals surface area contributed by atoms with Gasteiger partial charge in [0, 0.05) is 6.42 Å². The van der Waals surface area contributed by atoms with Gasteiger partial charge in [-0.15, -0.1) is 0 Å². The fraction of sp³-hybridized carbons (Fsp3) is 0.826. The Morgan fingerprint density at radius 2 is 2.12 bits per heavy atom. The van der Waals surface area contributed by atoms with Gasteiger partial charge in [-0.25, -0.2) is 0 Å². The second kappa shape index (κ2) is 4.99. The van der Waals surface area contributed by atoms with Crippen molar-refractivity contribution < 1.29 is 4.79 Å². The quantitative estimate of drug-likeness (QED) is 0.664. The number of fused-ring (bicyclic) bond motifs is 7. The monoisotopic (exact) mass is 337 g/mol. The molecule has 0 N–H and O–H groups in total. The molecule has 25 heavy (non-hydrogen) atoms. The van der Waals surface area contributed by atoms with Gasteiger partial charge in [0.15, 0.2) is 5.78 Å². The molecule has 5 aliphatic rings. The van der Waals surface area contributed by atoms with Gasteiger partial charge in [-0.05, 0) is 98.4 Å². The lowest BCUT2D eigenvalue weighted by Gasteiger charge is -2.59. The van der Waals surface area contributed by atoms with Gasteiger partial charge in [0.05, 0.1) is 11.5 Å². The highest BCUT2D eigenvalue weighted by Crippen LogP contribution is 2.80. The van der Waals surface area contributed by atoms with Crippen LogP contribution in [0.3, 0.4) is 0 Å². The minimum Gasteiger partial charge on any atom is -0.295 e. The summed E-state index contributed by atoms with van der Waals surface area (Å²) in [5, 5.41) is 10.1. The van der Waals surface area contributed by atoms with Gasteiger partial charge in [0.2, 0.25) is 0 Å². The van der Waals surface area contributed by atoms with E-state index in [1.165, 1.54) is 31.3 Å². The largest absolute Gasteiger partial charge is 0.295 e. The van der Waals surface area contributed by atoms with Gasteiger partial charge in [0.1, 0.15) is 0 Å². The summed E-state index contributed by atoms with van der Waals surface area (Å²) < 4.78 is 0. The zero-order valence-corrected chi connectivity index (χ0v) is 15.9. The zero-order valence-electron chi connectivity index (χ0n) is 15.9. The Kier molecular flexibility index (Phi) is 3.22. The molecular formula is C23H31NO. The smallest absolute Gasteiger partial charge is 0.155 e. The molecule has 0 saturated heterocycles. The van der Waals surface area contributed by atoms with Crippen molar-refractivity contribution in [3.63, 3.8) is 0 Å². The van der Waals surface area contributed by atoms with Crippen LogP contribution in [0.15, 0.2) is 11.6 Å². The van der Waals surface area contributed by atoms with E-state index in [1.807, 2.05) is 6.08 Å². The number of rotatable bonds is 1.